The van der Waals surface area contributed by atoms with Crippen LogP contribution in [0.15, 0.2) is 57.3 Å². The van der Waals surface area contributed by atoms with Crippen molar-refractivity contribution in [2.24, 2.45) is 0 Å². The van der Waals surface area contributed by atoms with Gasteiger partial charge in [-0.1, -0.05) is 32.0 Å². The van der Waals surface area contributed by atoms with Gasteiger partial charge in [0.25, 0.3) is 0 Å². The first kappa shape index (κ1) is 24.8. The molecule has 3 N–H and O–H groups in total. The lowest BCUT2D eigenvalue weighted by Crippen LogP contribution is -2.24. The topological polar surface area (TPSA) is 104 Å². The Kier molecular flexibility index (Phi) is 8.78. The maximum absolute atomic E-state index is 12.8. The van der Waals surface area contributed by atoms with E-state index in [1.165, 1.54) is 11.3 Å². The van der Waals surface area contributed by atoms with Crippen LogP contribution in [0, 0.1) is 0 Å². The molecule has 0 aliphatic rings. The molecule has 1 unspecified atom stereocenters. The summed E-state index contributed by atoms with van der Waals surface area (Å²) in [4.78, 5) is 10.3. The zero-order chi connectivity index (χ0) is 23.1. The van der Waals surface area contributed by atoms with E-state index in [1.54, 1.807) is 24.4 Å². The number of thiophene rings is 1. The molecule has 0 aliphatic carbocycles. The predicted molar refractivity (Wildman–Crippen MR) is 131 cm³/mol. The van der Waals surface area contributed by atoms with Gasteiger partial charge in [0, 0.05) is 23.5 Å². The van der Waals surface area contributed by atoms with Gasteiger partial charge in [-0.15, -0.1) is 11.3 Å². The molecule has 0 saturated heterocycles. The van der Waals surface area contributed by atoms with Crippen molar-refractivity contribution in [3.8, 4) is 0 Å². The van der Waals surface area contributed by atoms with E-state index in [1.807, 2.05) is 37.4 Å². The van der Waals surface area contributed by atoms with Gasteiger partial charge in [0.15, 0.2) is 0 Å². The Bertz CT molecular complexity index is 1120. The third kappa shape index (κ3) is 6.14. The van der Waals surface area contributed by atoms with Crippen molar-refractivity contribution in [2.45, 2.75) is 50.1 Å². The number of anilines is 1. The number of sulfonamides is 1. The summed E-state index contributed by atoms with van der Waals surface area (Å²) >= 11 is 4.97. The minimum Gasteiger partial charge on any atom is -0.394 e. The number of nitrogens with one attached hydrogen (secondary N) is 2. The van der Waals surface area contributed by atoms with E-state index < -0.39 is 10.0 Å². The molecule has 2 aromatic heterocycles. The van der Waals surface area contributed by atoms with Crippen molar-refractivity contribution in [1.82, 2.24) is 14.7 Å². The minimum atomic E-state index is -3.65. The van der Waals surface area contributed by atoms with Gasteiger partial charge in [-0.25, -0.2) is 23.1 Å². The van der Waals surface area contributed by atoms with Gasteiger partial charge in [-0.3, -0.25) is 0 Å². The van der Waals surface area contributed by atoms with E-state index in [0.717, 1.165) is 16.9 Å². The lowest BCUT2D eigenvalue weighted by Gasteiger charge is -2.19. The molecule has 3 rings (SSSR count). The molecule has 172 valence electrons. The van der Waals surface area contributed by atoms with Gasteiger partial charge >= 0.3 is 0 Å². The highest BCUT2D eigenvalue weighted by atomic mass is 79.9. The lowest BCUT2D eigenvalue weighted by molar-refractivity contribution is 0.271. The molecular formula is C22H27BrN4O3S2. The van der Waals surface area contributed by atoms with Crippen LogP contribution in [0.5, 0.6) is 0 Å². The second-order valence-corrected chi connectivity index (χ2v) is 10.9. The Morgan fingerprint density at radius 1 is 1.19 bits per heavy atom. The second-order valence-electron chi connectivity index (χ2n) is 7.29. The van der Waals surface area contributed by atoms with Crippen molar-refractivity contribution >= 4 is 43.1 Å². The van der Waals surface area contributed by atoms with Crippen molar-refractivity contribution in [2.75, 3.05) is 11.9 Å². The highest BCUT2D eigenvalue weighted by Crippen LogP contribution is 2.30. The van der Waals surface area contributed by atoms with Crippen LogP contribution in [0.25, 0.3) is 0 Å². The number of hydrogen-bond acceptors (Lipinski definition) is 7. The lowest BCUT2D eigenvalue weighted by atomic mass is 9.95. The zero-order valence-corrected chi connectivity index (χ0v) is 21.2. The Hall–Kier alpha value is -1.85. The molecule has 3 aromatic rings. The molecule has 0 bridgehead atoms. The van der Waals surface area contributed by atoms with Crippen molar-refractivity contribution < 1.29 is 13.5 Å². The molecular weight excluding hydrogens is 512 g/mol. The van der Waals surface area contributed by atoms with Crippen molar-refractivity contribution in [3.63, 3.8) is 0 Å². The van der Waals surface area contributed by atoms with Gasteiger partial charge in [-0.2, -0.15) is 0 Å². The molecule has 0 fully saturated rings. The molecule has 0 saturated carbocycles. The van der Waals surface area contributed by atoms with Crippen molar-refractivity contribution in [3.05, 3.63) is 68.7 Å². The standard InChI is InChI=1S/C22H27BrN4O3S2/c1-3-16(14-28)26-22-20(23)13-24-21(27-22)19(4-2)15-7-5-9-18(11-15)32(29,30)25-12-17-8-6-10-31-17/h5-11,13,16,19,25,28H,3-4,12,14H2,1-2H3,(H,24,26,27)/t16-,19?/m1/s1. The predicted octanol–water partition coefficient (Wildman–Crippen LogP) is 4.50. The first-order valence-electron chi connectivity index (χ1n) is 10.4. The van der Waals surface area contributed by atoms with Crippen LogP contribution < -0.4 is 10.0 Å². The van der Waals surface area contributed by atoms with Gasteiger partial charge in [-0.05, 0) is 57.9 Å². The quantitative estimate of drug-likeness (QED) is 0.332. The number of aliphatic hydroxyl groups excluding tert-OH is 1. The first-order valence-corrected chi connectivity index (χ1v) is 13.5. The number of hydrogen-bond donors (Lipinski definition) is 3. The van der Waals surface area contributed by atoms with Crippen LogP contribution >= 0.6 is 27.3 Å². The Balaban J connectivity index is 1.86. The summed E-state index contributed by atoms with van der Waals surface area (Å²) in [5, 5.41) is 14.7. The van der Waals surface area contributed by atoms with Crippen LogP contribution in [0.1, 0.15) is 48.9 Å². The highest BCUT2D eigenvalue weighted by molar-refractivity contribution is 9.10. The molecule has 2 atom stereocenters. The summed E-state index contributed by atoms with van der Waals surface area (Å²) in [6, 6.07) is 10.6. The molecule has 0 spiro atoms. The summed E-state index contributed by atoms with van der Waals surface area (Å²) < 4.78 is 29.0. The summed E-state index contributed by atoms with van der Waals surface area (Å²) in [5.41, 5.74) is 0.828. The Morgan fingerprint density at radius 3 is 2.66 bits per heavy atom. The van der Waals surface area contributed by atoms with Gasteiger partial charge in [0.1, 0.15) is 11.6 Å². The normalized spacial score (nSPS) is 13.6. The summed E-state index contributed by atoms with van der Waals surface area (Å²) in [5.74, 6) is 1.02. The van der Waals surface area contributed by atoms with Gasteiger partial charge < -0.3 is 10.4 Å². The summed E-state index contributed by atoms with van der Waals surface area (Å²) in [7, 11) is -3.65. The molecule has 2 heterocycles. The van der Waals surface area contributed by atoms with Gasteiger partial charge in [0.05, 0.1) is 22.0 Å². The van der Waals surface area contributed by atoms with E-state index in [2.05, 4.69) is 35.9 Å². The third-order valence-electron chi connectivity index (χ3n) is 5.12. The summed E-state index contributed by atoms with van der Waals surface area (Å²) in [6.07, 6.45) is 3.13. The monoisotopic (exact) mass is 538 g/mol. The number of aliphatic hydroxyl groups is 1. The largest absolute Gasteiger partial charge is 0.394 e. The summed E-state index contributed by atoms with van der Waals surface area (Å²) in [6.45, 7) is 4.26. The van der Waals surface area contributed by atoms with E-state index >= 15 is 0 Å². The van der Waals surface area contributed by atoms with Crippen LogP contribution in [-0.2, 0) is 16.6 Å². The minimum absolute atomic E-state index is 0.00212. The average Bonchev–Trinajstić information content (AvgIpc) is 3.32. The average molecular weight is 540 g/mol. The second kappa shape index (κ2) is 11.3. The van der Waals surface area contributed by atoms with Crippen LogP contribution in [0.4, 0.5) is 5.82 Å². The Labute approximate surface area is 201 Å². The van der Waals surface area contributed by atoms with E-state index in [9.17, 15) is 13.5 Å². The SMILES string of the molecule is CCC(c1cccc(S(=O)(=O)NCc2cccs2)c1)c1ncc(Br)c(N[C@H](CC)CO)n1. The molecule has 0 aliphatic heterocycles. The first-order chi connectivity index (χ1) is 15.4. The number of nitrogens with zero attached hydrogens (tertiary/aromatic N) is 2. The van der Waals surface area contributed by atoms with Gasteiger partial charge in [0.2, 0.25) is 10.0 Å². The van der Waals surface area contributed by atoms with Crippen LogP contribution in [-0.4, -0.2) is 36.1 Å². The smallest absolute Gasteiger partial charge is 0.240 e. The molecule has 7 nitrogen and oxygen atoms in total. The fourth-order valence-electron chi connectivity index (χ4n) is 3.25. The molecule has 0 radical (unpaired) electrons. The van der Waals surface area contributed by atoms with E-state index in [0.29, 0.717) is 22.5 Å². The number of aromatic nitrogens is 2. The zero-order valence-electron chi connectivity index (χ0n) is 18.0. The number of benzene rings is 1. The number of rotatable bonds is 11. The molecule has 1 aromatic carbocycles. The third-order valence-corrected chi connectivity index (χ3v) is 7.98. The maximum Gasteiger partial charge on any atom is 0.240 e. The van der Waals surface area contributed by atoms with E-state index in [4.69, 9.17) is 0 Å². The van der Waals surface area contributed by atoms with E-state index in [-0.39, 0.29) is 30.0 Å². The van der Waals surface area contributed by atoms with Crippen LogP contribution in [0.3, 0.4) is 0 Å². The fraction of sp³-hybridized carbons (Fsp3) is 0.364. The van der Waals surface area contributed by atoms with Crippen molar-refractivity contribution in [1.29, 1.82) is 0 Å². The Morgan fingerprint density at radius 2 is 2.00 bits per heavy atom. The number of halogens is 1. The fourth-order valence-corrected chi connectivity index (χ4v) is 5.35. The molecule has 10 heteroatoms. The van der Waals surface area contributed by atoms with Crippen LogP contribution in [0.2, 0.25) is 0 Å². The molecule has 32 heavy (non-hydrogen) atoms. The highest BCUT2D eigenvalue weighted by Gasteiger charge is 2.21. The maximum atomic E-state index is 12.8. The molecule has 0 amide bonds.